The molecular weight excluding hydrogens is 369 g/mol. The van der Waals surface area contributed by atoms with Gasteiger partial charge in [-0.1, -0.05) is 48.0 Å². The van der Waals surface area contributed by atoms with Crippen molar-refractivity contribution in [3.8, 4) is 5.75 Å². The van der Waals surface area contributed by atoms with Crippen molar-refractivity contribution in [2.45, 2.75) is 13.5 Å². The van der Waals surface area contributed by atoms with Crippen LogP contribution < -0.4 is 4.74 Å². The van der Waals surface area contributed by atoms with Gasteiger partial charge in [0, 0.05) is 5.56 Å². The maximum absolute atomic E-state index is 13.4. The van der Waals surface area contributed by atoms with Crippen LogP contribution in [0.3, 0.4) is 0 Å². The quantitative estimate of drug-likeness (QED) is 0.454. The maximum Gasteiger partial charge on any atom is 0.363 e. The highest BCUT2D eigenvalue weighted by molar-refractivity contribution is 6.12. The first-order valence-corrected chi connectivity index (χ1v) is 9.14. The Balaban J connectivity index is 1.46. The van der Waals surface area contributed by atoms with Gasteiger partial charge < -0.3 is 9.47 Å². The Bertz CT molecular complexity index is 1120. The molecule has 0 atom stereocenters. The zero-order valence-electron chi connectivity index (χ0n) is 15.8. The van der Waals surface area contributed by atoms with Crippen LogP contribution in [0.4, 0.5) is 4.39 Å². The number of aliphatic imine (C=N–C) groups is 1. The molecule has 1 heterocycles. The number of carbonyl (C=O) groups is 1. The van der Waals surface area contributed by atoms with E-state index in [9.17, 15) is 9.18 Å². The predicted octanol–water partition coefficient (Wildman–Crippen LogP) is 5.06. The van der Waals surface area contributed by atoms with Crippen LogP contribution in [0.15, 0.2) is 83.5 Å². The number of cyclic esters (lactones) is 1. The maximum atomic E-state index is 13.4. The molecule has 1 aliphatic heterocycles. The van der Waals surface area contributed by atoms with Gasteiger partial charge in [0.25, 0.3) is 0 Å². The lowest BCUT2D eigenvalue weighted by Crippen LogP contribution is -2.05. The molecule has 0 N–H and O–H groups in total. The smallest absolute Gasteiger partial charge is 0.363 e. The van der Waals surface area contributed by atoms with Gasteiger partial charge in [0.05, 0.1) is 0 Å². The van der Waals surface area contributed by atoms with Crippen LogP contribution in [0.2, 0.25) is 0 Å². The summed E-state index contributed by atoms with van der Waals surface area (Å²) in [5.41, 5.74) is 3.65. The molecule has 1 aliphatic rings. The summed E-state index contributed by atoms with van der Waals surface area (Å²) in [6.07, 6.45) is 1.62. The summed E-state index contributed by atoms with van der Waals surface area (Å²) in [6, 6.07) is 21.3. The molecule has 0 unspecified atom stereocenters. The predicted molar refractivity (Wildman–Crippen MR) is 109 cm³/mol. The highest BCUT2D eigenvalue weighted by atomic mass is 19.1. The first-order valence-electron chi connectivity index (χ1n) is 9.14. The average Bonchev–Trinajstić information content (AvgIpc) is 3.08. The van der Waals surface area contributed by atoms with Crippen LogP contribution >= 0.6 is 0 Å². The van der Waals surface area contributed by atoms with Crippen LogP contribution in [0, 0.1) is 12.7 Å². The van der Waals surface area contributed by atoms with E-state index in [-0.39, 0.29) is 11.6 Å². The molecule has 4 nitrogen and oxygen atoms in total. The van der Waals surface area contributed by atoms with Gasteiger partial charge in [-0.15, -0.1) is 0 Å². The van der Waals surface area contributed by atoms with E-state index >= 15 is 0 Å². The lowest BCUT2D eigenvalue weighted by Gasteiger charge is -2.07. The standard InChI is InChI=1S/C24H18FNO3/c1-16-4-2-5-18(12-16)15-28-21-10-8-17(9-11-21)13-22-24(27)29-23(26-22)19-6-3-7-20(25)14-19/h2-14H,15H2,1H3/b22-13-. The zero-order valence-corrected chi connectivity index (χ0v) is 15.8. The monoisotopic (exact) mass is 387 g/mol. The van der Waals surface area contributed by atoms with Gasteiger partial charge in [-0.25, -0.2) is 14.2 Å². The minimum atomic E-state index is -0.566. The summed E-state index contributed by atoms with van der Waals surface area (Å²) in [5, 5.41) is 0. The van der Waals surface area contributed by atoms with Crippen molar-refractivity contribution in [2.24, 2.45) is 4.99 Å². The van der Waals surface area contributed by atoms with Gasteiger partial charge in [-0.2, -0.15) is 0 Å². The summed E-state index contributed by atoms with van der Waals surface area (Å²) in [6.45, 7) is 2.53. The molecule has 4 rings (SSSR count). The number of ether oxygens (including phenoxy) is 2. The van der Waals surface area contributed by atoms with Gasteiger partial charge in [-0.3, -0.25) is 0 Å². The fourth-order valence-corrected chi connectivity index (χ4v) is 2.94. The van der Waals surface area contributed by atoms with Crippen molar-refractivity contribution in [2.75, 3.05) is 0 Å². The number of nitrogens with zero attached hydrogens (tertiary/aromatic N) is 1. The first-order chi connectivity index (χ1) is 14.1. The molecule has 0 fully saturated rings. The number of rotatable bonds is 5. The van der Waals surface area contributed by atoms with E-state index in [2.05, 4.69) is 11.1 Å². The van der Waals surface area contributed by atoms with Gasteiger partial charge in [0.1, 0.15) is 18.2 Å². The summed E-state index contributed by atoms with van der Waals surface area (Å²) in [4.78, 5) is 16.3. The van der Waals surface area contributed by atoms with Crippen molar-refractivity contribution in [3.05, 3.63) is 107 Å². The van der Waals surface area contributed by atoms with Gasteiger partial charge >= 0.3 is 5.97 Å². The fraction of sp³-hybridized carbons (Fsp3) is 0.0833. The molecule has 29 heavy (non-hydrogen) atoms. The van der Waals surface area contributed by atoms with E-state index < -0.39 is 11.8 Å². The Morgan fingerprint density at radius 3 is 2.59 bits per heavy atom. The van der Waals surface area contributed by atoms with Crippen LogP contribution in [0.5, 0.6) is 5.75 Å². The minimum absolute atomic E-state index is 0.0962. The number of benzene rings is 3. The molecule has 5 heteroatoms. The van der Waals surface area contributed by atoms with E-state index in [0.29, 0.717) is 12.2 Å². The largest absolute Gasteiger partial charge is 0.489 e. The number of hydrogen-bond acceptors (Lipinski definition) is 4. The van der Waals surface area contributed by atoms with Gasteiger partial charge in [0.2, 0.25) is 5.90 Å². The molecule has 0 radical (unpaired) electrons. The van der Waals surface area contributed by atoms with E-state index in [1.165, 1.54) is 23.8 Å². The Morgan fingerprint density at radius 2 is 1.83 bits per heavy atom. The Kier molecular flexibility index (Phi) is 5.20. The van der Waals surface area contributed by atoms with Gasteiger partial charge in [0.15, 0.2) is 5.70 Å². The number of halogens is 1. The highest BCUT2D eigenvalue weighted by Crippen LogP contribution is 2.21. The SMILES string of the molecule is Cc1cccc(COc2ccc(/C=C3\N=C(c4cccc(F)c4)OC3=O)cc2)c1. The van der Waals surface area contributed by atoms with Crippen molar-refractivity contribution in [3.63, 3.8) is 0 Å². The second-order valence-corrected chi connectivity index (χ2v) is 6.69. The molecule has 0 aromatic heterocycles. The number of esters is 1. The number of aryl methyl sites for hydroxylation is 1. The van der Waals surface area contributed by atoms with Crippen molar-refractivity contribution >= 4 is 17.9 Å². The summed E-state index contributed by atoms with van der Waals surface area (Å²) in [5.74, 6) is -0.158. The molecule has 0 amide bonds. The highest BCUT2D eigenvalue weighted by Gasteiger charge is 2.24. The molecule has 0 saturated heterocycles. The average molecular weight is 387 g/mol. The number of carbonyl (C=O) groups excluding carboxylic acids is 1. The molecule has 0 spiro atoms. The Morgan fingerprint density at radius 1 is 1.03 bits per heavy atom. The van der Waals surface area contributed by atoms with Crippen molar-refractivity contribution in [1.82, 2.24) is 0 Å². The van der Waals surface area contributed by atoms with E-state index in [1.54, 1.807) is 12.1 Å². The van der Waals surface area contributed by atoms with Crippen molar-refractivity contribution < 1.29 is 18.7 Å². The molecule has 3 aromatic rings. The van der Waals surface area contributed by atoms with Crippen LogP contribution in [-0.2, 0) is 16.1 Å². The molecule has 0 bridgehead atoms. The summed E-state index contributed by atoms with van der Waals surface area (Å²) < 4.78 is 24.3. The normalized spacial score (nSPS) is 14.6. The minimum Gasteiger partial charge on any atom is -0.489 e. The lowest BCUT2D eigenvalue weighted by atomic mass is 10.1. The Labute approximate surface area is 167 Å². The fourth-order valence-electron chi connectivity index (χ4n) is 2.94. The van der Waals surface area contributed by atoms with Crippen LogP contribution in [0.25, 0.3) is 6.08 Å². The topological polar surface area (TPSA) is 47.9 Å². The molecule has 0 saturated carbocycles. The summed E-state index contributed by atoms with van der Waals surface area (Å²) >= 11 is 0. The Hall–Kier alpha value is -3.73. The van der Waals surface area contributed by atoms with Gasteiger partial charge in [-0.05, 0) is 54.5 Å². The summed E-state index contributed by atoms with van der Waals surface area (Å²) in [7, 11) is 0. The van der Waals surface area contributed by atoms with Crippen LogP contribution in [0.1, 0.15) is 22.3 Å². The second-order valence-electron chi connectivity index (χ2n) is 6.69. The third-order valence-electron chi connectivity index (χ3n) is 4.36. The van der Waals surface area contributed by atoms with Crippen LogP contribution in [-0.4, -0.2) is 11.9 Å². The lowest BCUT2D eigenvalue weighted by molar-refractivity contribution is -0.129. The first kappa shape index (κ1) is 18.6. The third kappa shape index (κ3) is 4.58. The third-order valence-corrected chi connectivity index (χ3v) is 4.36. The zero-order chi connectivity index (χ0) is 20.2. The molecule has 0 aliphatic carbocycles. The second kappa shape index (κ2) is 8.10. The van der Waals surface area contributed by atoms with E-state index in [4.69, 9.17) is 9.47 Å². The number of hydrogen-bond donors (Lipinski definition) is 0. The molecule has 144 valence electrons. The van der Waals surface area contributed by atoms with E-state index in [0.717, 1.165) is 16.9 Å². The molecule has 3 aromatic carbocycles. The van der Waals surface area contributed by atoms with Crippen molar-refractivity contribution in [1.29, 1.82) is 0 Å². The molecular formula is C24H18FNO3. The van der Waals surface area contributed by atoms with E-state index in [1.807, 2.05) is 49.4 Å².